The number of allylic oxidation sites excluding steroid dienone is 1. The van der Waals surface area contributed by atoms with Crippen molar-refractivity contribution in [1.29, 1.82) is 0 Å². The van der Waals surface area contributed by atoms with Crippen molar-refractivity contribution in [2.75, 3.05) is 0 Å². The normalized spacial score (nSPS) is 15.3. The van der Waals surface area contributed by atoms with Crippen LogP contribution in [-0.2, 0) is 5.41 Å². The zero-order valence-corrected chi connectivity index (χ0v) is 33.0. The van der Waals surface area contributed by atoms with E-state index >= 15 is 0 Å². The van der Waals surface area contributed by atoms with Gasteiger partial charge in [0.05, 0.1) is 16.7 Å². The minimum atomic E-state index is -0.151. The van der Waals surface area contributed by atoms with E-state index in [4.69, 9.17) is 15.0 Å². The first-order valence-corrected chi connectivity index (χ1v) is 20.2. The Morgan fingerprint density at radius 3 is 1.98 bits per heavy atom. The van der Waals surface area contributed by atoms with E-state index in [-0.39, 0.29) is 5.41 Å². The fraction of sp³-hybridized carbons (Fsp3) is 0.118. The van der Waals surface area contributed by atoms with Gasteiger partial charge in [0.15, 0.2) is 17.5 Å². The largest absolute Gasteiger partial charge is 0.309 e. The summed E-state index contributed by atoms with van der Waals surface area (Å²) < 4.78 is 3.54. The highest BCUT2D eigenvalue weighted by molar-refractivity contribution is 9.10. The van der Waals surface area contributed by atoms with Gasteiger partial charge in [0.2, 0.25) is 0 Å². The summed E-state index contributed by atoms with van der Waals surface area (Å²) in [6.45, 7) is 7.13. The van der Waals surface area contributed by atoms with E-state index in [0.717, 1.165) is 44.0 Å². The van der Waals surface area contributed by atoms with Crippen molar-refractivity contribution in [3.05, 3.63) is 172 Å². The van der Waals surface area contributed by atoms with Gasteiger partial charge >= 0.3 is 0 Å². The van der Waals surface area contributed by atoms with Crippen molar-refractivity contribution >= 4 is 54.6 Å². The molecule has 4 nitrogen and oxygen atoms in total. The van der Waals surface area contributed by atoms with Gasteiger partial charge in [-0.25, -0.2) is 15.0 Å². The standard InChI is InChI=1S/C51H37BrN4/c1-30-13-12-20-37-34(30)22-24-42-47(37)41-28-40-39-27-33(52)21-25-45(39)56(46(40)29-43(41)51(42,2)3)44-26-23-38(35-18-10-11-19-36(35)44)50-54-48(31-14-6-4-7-15-31)53-49(55-50)32-16-8-5-9-17-32/h4-12,14-30H,13H2,1-3H3. The lowest BCUT2D eigenvalue weighted by atomic mass is 9.79. The first-order valence-electron chi connectivity index (χ1n) is 19.4. The van der Waals surface area contributed by atoms with Gasteiger partial charge in [-0.05, 0) is 93.6 Å². The molecule has 5 heteroatoms. The maximum Gasteiger partial charge on any atom is 0.164 e. The average molecular weight is 786 g/mol. The average Bonchev–Trinajstić information content (AvgIpc) is 3.67. The van der Waals surface area contributed by atoms with Crippen LogP contribution in [0.3, 0.4) is 0 Å². The Kier molecular flexibility index (Phi) is 7.36. The van der Waals surface area contributed by atoms with E-state index in [1.54, 1.807) is 0 Å². The summed E-state index contributed by atoms with van der Waals surface area (Å²) in [5, 5.41) is 4.69. The van der Waals surface area contributed by atoms with Gasteiger partial charge in [-0.2, -0.15) is 0 Å². The molecule has 2 aliphatic carbocycles. The number of fused-ring (bicyclic) bond motifs is 9. The molecule has 0 aliphatic heterocycles. The summed E-state index contributed by atoms with van der Waals surface area (Å²) in [4.78, 5) is 15.2. The van der Waals surface area contributed by atoms with E-state index in [2.05, 4.69) is 157 Å². The summed E-state index contributed by atoms with van der Waals surface area (Å²) in [6, 6.07) is 49.9. The van der Waals surface area contributed by atoms with Crippen LogP contribution >= 0.6 is 15.9 Å². The summed E-state index contributed by atoms with van der Waals surface area (Å²) in [6.07, 6.45) is 5.82. The maximum atomic E-state index is 5.12. The molecule has 0 spiro atoms. The highest BCUT2D eigenvalue weighted by Crippen LogP contribution is 2.54. The summed E-state index contributed by atoms with van der Waals surface area (Å²) in [5.74, 6) is 2.46. The molecule has 268 valence electrons. The van der Waals surface area contributed by atoms with Gasteiger partial charge in [-0.1, -0.05) is 146 Å². The highest BCUT2D eigenvalue weighted by Gasteiger charge is 2.39. The van der Waals surface area contributed by atoms with E-state index in [1.165, 1.54) is 55.2 Å². The van der Waals surface area contributed by atoms with E-state index < -0.39 is 0 Å². The monoisotopic (exact) mass is 784 g/mol. The maximum absolute atomic E-state index is 5.12. The van der Waals surface area contributed by atoms with Gasteiger partial charge in [0.1, 0.15) is 0 Å². The molecule has 0 saturated carbocycles. The third-order valence-corrected chi connectivity index (χ3v) is 12.6. The van der Waals surface area contributed by atoms with Gasteiger partial charge in [0.25, 0.3) is 0 Å². The van der Waals surface area contributed by atoms with Crippen LogP contribution in [0.1, 0.15) is 55.4 Å². The molecule has 2 aromatic heterocycles. The molecule has 11 rings (SSSR count). The lowest BCUT2D eigenvalue weighted by Crippen LogP contribution is -2.15. The third kappa shape index (κ3) is 4.93. The molecule has 1 atom stereocenters. The molecular weight excluding hydrogens is 748 g/mol. The predicted molar refractivity (Wildman–Crippen MR) is 235 cm³/mol. The Hall–Kier alpha value is -6.17. The van der Waals surface area contributed by atoms with Crippen LogP contribution in [0.25, 0.3) is 89.6 Å². The summed E-state index contributed by atoms with van der Waals surface area (Å²) >= 11 is 3.83. The fourth-order valence-electron chi connectivity index (χ4n) is 9.34. The smallest absolute Gasteiger partial charge is 0.164 e. The SMILES string of the molecule is CC1CC=Cc2c1ccc1c2-c2cc3c4cc(Br)ccc4n(-c4ccc(-c5nc(-c6ccccc6)nc(-c6ccccc6)n5)c5ccccc45)c3cc2C1(C)C. The molecular formula is C51H37BrN4. The van der Waals surface area contributed by atoms with Crippen LogP contribution in [0.2, 0.25) is 0 Å². The lowest BCUT2D eigenvalue weighted by molar-refractivity contribution is 0.659. The first kappa shape index (κ1) is 33.2. The van der Waals surface area contributed by atoms with Crippen LogP contribution in [0.4, 0.5) is 0 Å². The van der Waals surface area contributed by atoms with E-state index in [9.17, 15) is 0 Å². The molecule has 9 aromatic rings. The van der Waals surface area contributed by atoms with Gasteiger partial charge < -0.3 is 4.57 Å². The number of aromatic nitrogens is 4. The van der Waals surface area contributed by atoms with Crippen LogP contribution in [0.15, 0.2) is 150 Å². The Bertz CT molecular complexity index is 3050. The molecule has 0 amide bonds. The zero-order chi connectivity index (χ0) is 37.7. The fourth-order valence-corrected chi connectivity index (χ4v) is 9.70. The Labute approximate surface area is 334 Å². The van der Waals surface area contributed by atoms with Crippen molar-refractivity contribution < 1.29 is 0 Å². The third-order valence-electron chi connectivity index (χ3n) is 12.1. The molecule has 0 radical (unpaired) electrons. The van der Waals surface area contributed by atoms with Crippen molar-refractivity contribution in [3.8, 4) is 51.0 Å². The van der Waals surface area contributed by atoms with Crippen LogP contribution in [0, 0.1) is 0 Å². The second-order valence-electron chi connectivity index (χ2n) is 15.8. The number of hydrogen-bond acceptors (Lipinski definition) is 3. The number of halogens is 1. The number of hydrogen-bond donors (Lipinski definition) is 0. The minimum Gasteiger partial charge on any atom is -0.309 e. The van der Waals surface area contributed by atoms with Gasteiger partial charge in [-0.15, -0.1) is 0 Å². The lowest BCUT2D eigenvalue weighted by Gasteiger charge is -2.24. The second-order valence-corrected chi connectivity index (χ2v) is 16.7. The van der Waals surface area contributed by atoms with Crippen molar-refractivity contribution in [1.82, 2.24) is 19.5 Å². The van der Waals surface area contributed by atoms with Crippen LogP contribution < -0.4 is 0 Å². The molecule has 56 heavy (non-hydrogen) atoms. The quantitative estimate of drug-likeness (QED) is 0.178. The predicted octanol–water partition coefficient (Wildman–Crippen LogP) is 13.7. The van der Waals surface area contributed by atoms with E-state index in [0.29, 0.717) is 23.4 Å². The van der Waals surface area contributed by atoms with Crippen LogP contribution in [0.5, 0.6) is 0 Å². The molecule has 2 aliphatic rings. The van der Waals surface area contributed by atoms with E-state index in [1.807, 2.05) is 36.4 Å². The molecule has 2 heterocycles. The molecule has 0 fully saturated rings. The number of rotatable bonds is 4. The Morgan fingerprint density at radius 1 is 0.589 bits per heavy atom. The van der Waals surface area contributed by atoms with Crippen molar-refractivity contribution in [3.63, 3.8) is 0 Å². The van der Waals surface area contributed by atoms with Crippen LogP contribution in [-0.4, -0.2) is 19.5 Å². The minimum absolute atomic E-state index is 0.151. The summed E-state index contributed by atoms with van der Waals surface area (Å²) in [7, 11) is 0. The summed E-state index contributed by atoms with van der Waals surface area (Å²) in [5.41, 5.74) is 14.6. The van der Waals surface area contributed by atoms with Gasteiger partial charge in [-0.3, -0.25) is 0 Å². The Balaban J connectivity index is 1.16. The number of nitrogens with zero attached hydrogens (tertiary/aromatic N) is 4. The van der Waals surface area contributed by atoms with Crippen molar-refractivity contribution in [2.24, 2.45) is 0 Å². The molecule has 0 N–H and O–H groups in total. The zero-order valence-electron chi connectivity index (χ0n) is 31.4. The Morgan fingerprint density at radius 2 is 1.25 bits per heavy atom. The molecule has 7 aromatic carbocycles. The molecule has 0 saturated heterocycles. The first-order chi connectivity index (χ1) is 27.3. The molecule has 0 bridgehead atoms. The van der Waals surface area contributed by atoms with Crippen molar-refractivity contribution in [2.45, 2.75) is 38.5 Å². The molecule has 1 unspecified atom stereocenters. The topological polar surface area (TPSA) is 43.6 Å². The number of benzene rings is 7. The van der Waals surface area contributed by atoms with Gasteiger partial charge in [0, 0.05) is 42.7 Å². The second kappa shape index (κ2) is 12.4. The highest BCUT2D eigenvalue weighted by atomic mass is 79.9.